The number of hydrogen-bond donors (Lipinski definition) is 6. The maximum atomic E-state index is 11.8. The van der Waals surface area contributed by atoms with Crippen molar-refractivity contribution in [1.82, 2.24) is 118 Å². The lowest BCUT2D eigenvalue weighted by Gasteiger charge is -2.08. The molecule has 0 saturated carbocycles. The van der Waals surface area contributed by atoms with Crippen LogP contribution in [0.5, 0.6) is 11.8 Å². The van der Waals surface area contributed by atoms with E-state index >= 15 is 0 Å². The number of aromatic nitrogens is 24. The predicted molar refractivity (Wildman–Crippen MR) is 367 cm³/mol. The molecular weight excluding hydrogens is 1400 g/mol. The second kappa shape index (κ2) is 35.5. The molecule has 0 bridgehead atoms. The fourth-order valence-electron chi connectivity index (χ4n) is 9.97. The summed E-state index contributed by atoms with van der Waals surface area (Å²) in [6, 6.07) is 3.54. The van der Waals surface area contributed by atoms with Crippen LogP contribution in [0.3, 0.4) is 0 Å². The molecule has 0 fully saturated rings. The van der Waals surface area contributed by atoms with E-state index in [4.69, 9.17) is 63.3 Å². The van der Waals surface area contributed by atoms with Gasteiger partial charge in [0.15, 0.2) is 17.1 Å². The smallest absolute Gasteiger partial charge is 0.354 e. The number of Topliss-reactive ketones (excluding diaryl/α,β-unsaturated/α-hetero) is 3. The number of carboxylic acids is 3. The number of carbonyl (C=O) groups excluding carboxylic acids is 3. The zero-order chi connectivity index (χ0) is 76.4. The molecule has 0 unspecified atom stereocenters. The molecule has 0 aliphatic heterocycles. The average Bonchev–Trinajstić information content (AvgIpc) is 1.65. The molecule has 0 spiro atoms. The Morgan fingerprint density at radius 2 is 0.702 bits per heavy atom. The Morgan fingerprint density at radius 3 is 1.07 bits per heavy atom. The van der Waals surface area contributed by atoms with Crippen LogP contribution in [0, 0.1) is 34.6 Å². The first-order chi connectivity index (χ1) is 49.5. The number of halogens is 2. The fourth-order valence-corrected chi connectivity index (χ4v) is 10.4. The molecule has 0 amide bonds. The Hall–Kier alpha value is -12.8. The Kier molecular flexibility index (Phi) is 26.8. The van der Waals surface area contributed by atoms with E-state index in [1.807, 2.05) is 13.8 Å². The first-order valence-corrected chi connectivity index (χ1v) is 30.8. The number of methoxy groups -OCH3 is 2. The van der Waals surface area contributed by atoms with E-state index in [1.54, 1.807) is 81.4 Å². The lowest BCUT2D eigenvalue weighted by Crippen LogP contribution is -2.12. The van der Waals surface area contributed by atoms with Gasteiger partial charge in [0, 0.05) is 95.2 Å². The summed E-state index contributed by atoms with van der Waals surface area (Å²) in [5, 5.41) is 78.6. The van der Waals surface area contributed by atoms with E-state index in [-0.39, 0.29) is 39.5 Å². The number of carbonyl (C=O) groups is 6. The summed E-state index contributed by atoms with van der Waals surface area (Å²) in [5.74, 6) is -2.44. The van der Waals surface area contributed by atoms with Crippen LogP contribution < -0.4 is 9.47 Å². The molecule has 12 heterocycles. The summed E-state index contributed by atoms with van der Waals surface area (Å²) in [6.07, 6.45) is 18.7. The van der Waals surface area contributed by atoms with Crippen LogP contribution >= 0.6 is 23.2 Å². The number of aromatic carboxylic acids is 3. The highest BCUT2D eigenvalue weighted by Gasteiger charge is 2.26. The Labute approximate surface area is 599 Å². The van der Waals surface area contributed by atoms with Crippen molar-refractivity contribution in [3.8, 4) is 79.3 Å². The molecule has 0 aliphatic carbocycles. The van der Waals surface area contributed by atoms with Crippen molar-refractivity contribution in [2.24, 2.45) is 42.3 Å². The van der Waals surface area contributed by atoms with Gasteiger partial charge < -0.3 is 40.1 Å². The molecule has 540 valence electrons. The van der Waals surface area contributed by atoms with Gasteiger partial charge in [0.1, 0.15) is 73.2 Å². The van der Waals surface area contributed by atoms with E-state index in [9.17, 15) is 28.8 Å². The summed E-state index contributed by atoms with van der Waals surface area (Å²) in [4.78, 5) is 117. The number of rotatable bonds is 17. The molecule has 0 saturated heterocycles. The van der Waals surface area contributed by atoms with Gasteiger partial charge in [-0.25, -0.2) is 74.2 Å². The van der Waals surface area contributed by atoms with Crippen molar-refractivity contribution >= 4 is 58.5 Å². The number of ether oxygens (including phenoxy) is 2. The minimum absolute atomic E-state index is 0.0422. The van der Waals surface area contributed by atoms with Crippen molar-refractivity contribution in [3.05, 3.63) is 166 Å². The highest BCUT2D eigenvalue weighted by Crippen LogP contribution is 2.32. The number of aryl methyl sites for hydroxylation is 10. The SMILES string of the molecule is COc1nccnc1-c1cnn(C)c1C(=O)O.COc1ncnc(-c2cnn(C)c2C(=O)CO)c1C.Cc1cc(-c2cnn(C)c2C(=O)CO)nc(C)n1.Cc1cc(-c2cnn(C)c2C(=O)O)nc(C)n1.Cn1ncc(-c2ncncc2Cl)c1C(=O)CO.Cn1ncc(-c2ncncc2Cl)c1C(=O)O. The summed E-state index contributed by atoms with van der Waals surface area (Å²) in [5.41, 5.74) is 9.35. The molecule has 0 radical (unpaired) electrons. The number of ketones is 3. The van der Waals surface area contributed by atoms with Gasteiger partial charge in [0.05, 0.1) is 112 Å². The van der Waals surface area contributed by atoms with Crippen molar-refractivity contribution < 1.29 is 68.9 Å². The molecule has 38 nitrogen and oxygen atoms in total. The maximum Gasteiger partial charge on any atom is 0.354 e. The summed E-state index contributed by atoms with van der Waals surface area (Å²) in [6.45, 7) is 7.36. The summed E-state index contributed by atoms with van der Waals surface area (Å²) >= 11 is 11.8. The number of aliphatic hydroxyl groups is 3. The van der Waals surface area contributed by atoms with Crippen molar-refractivity contribution in [1.29, 1.82) is 0 Å². The van der Waals surface area contributed by atoms with Crippen LogP contribution in [0.2, 0.25) is 10.0 Å². The second-order valence-corrected chi connectivity index (χ2v) is 22.2. The standard InChI is InChI=1S/C12H14N4O3.C12H14N4O2.C11H12N4O2.C10H9ClN4O2.C10H10N4O3.C9H7ClN4O2/c1-7-10(13-6-14-12(7)19-3)8-4-15-16(2)11(8)9(18)5-17;1-7-4-10(15-8(2)14-7)9-5-13-16(3)12(9)11(18)6-17;1-6-4-9(14-7(2)13-6)8-5-12-15(3)10(8)11(16)17;1-15-10(8(17)4-16)6(2-14-15)9-7(11)3-12-5-13-9;1-14-8(10(15)16)6(5-13-14)7-9(17-2)12-4-3-11-7;1-14-8(9(15)16)5(2-13-14)7-6(10)3-11-4-12-7/h4,6,17H,5H2,1-3H3;4-5,17H,6H2,1-3H3;4-5H,1-3H3,(H,16,17);2-3,5,16H,4H2,1H3;3-5H,1-2H3,(H,15,16);2-4H,1H3,(H,15,16). The molecular formula is C64H66Cl2N24O14. The third-order valence-electron chi connectivity index (χ3n) is 14.4. The molecule has 12 rings (SSSR count). The lowest BCUT2D eigenvalue weighted by atomic mass is 10.1. The summed E-state index contributed by atoms with van der Waals surface area (Å²) < 4.78 is 18.3. The number of nitrogens with zero attached hydrogens (tertiary/aromatic N) is 24. The Balaban J connectivity index is 0.000000175. The fraction of sp³-hybridized carbons (Fsp3) is 0.250. The number of aliphatic hydroxyl groups excluding tert-OH is 3. The van der Waals surface area contributed by atoms with Gasteiger partial charge >= 0.3 is 17.9 Å². The minimum atomic E-state index is -1.08. The average molecular weight is 1470 g/mol. The van der Waals surface area contributed by atoms with Crippen LogP contribution in [-0.4, -0.2) is 218 Å². The second-order valence-electron chi connectivity index (χ2n) is 21.4. The zero-order valence-corrected chi connectivity index (χ0v) is 59.2. The van der Waals surface area contributed by atoms with Crippen LogP contribution in [0.1, 0.15) is 91.5 Å². The summed E-state index contributed by atoms with van der Waals surface area (Å²) in [7, 11) is 12.6. The van der Waals surface area contributed by atoms with E-state index in [1.165, 1.54) is 117 Å². The molecule has 0 aromatic carbocycles. The van der Waals surface area contributed by atoms with Gasteiger partial charge in [0.2, 0.25) is 29.1 Å². The maximum absolute atomic E-state index is 11.8. The van der Waals surface area contributed by atoms with Gasteiger partial charge in [-0.3, -0.25) is 42.5 Å². The minimum Gasteiger partial charge on any atom is -0.481 e. The van der Waals surface area contributed by atoms with Crippen molar-refractivity contribution in [3.63, 3.8) is 0 Å². The van der Waals surface area contributed by atoms with Crippen LogP contribution in [0.15, 0.2) is 93.1 Å². The van der Waals surface area contributed by atoms with E-state index in [2.05, 4.69) is 90.4 Å². The molecule has 40 heteroatoms. The van der Waals surface area contributed by atoms with Gasteiger partial charge in [-0.15, -0.1) is 0 Å². The van der Waals surface area contributed by atoms with Gasteiger partial charge in [0.25, 0.3) is 0 Å². The van der Waals surface area contributed by atoms with E-state index in [0.717, 1.165) is 11.4 Å². The molecule has 12 aromatic rings. The largest absolute Gasteiger partial charge is 0.481 e. The molecule has 12 aromatic heterocycles. The van der Waals surface area contributed by atoms with E-state index < -0.39 is 49.3 Å². The first kappa shape index (κ1) is 78.6. The molecule has 6 N–H and O–H groups in total. The van der Waals surface area contributed by atoms with Crippen LogP contribution in [0.25, 0.3) is 67.5 Å². The molecule has 0 atom stereocenters. The first-order valence-electron chi connectivity index (χ1n) is 30.0. The predicted octanol–water partition coefficient (Wildman–Crippen LogP) is 4.75. The highest BCUT2D eigenvalue weighted by atomic mass is 35.5. The monoisotopic (exact) mass is 1460 g/mol. The van der Waals surface area contributed by atoms with Crippen molar-refractivity contribution in [2.45, 2.75) is 34.6 Å². The molecule has 104 heavy (non-hydrogen) atoms. The molecule has 0 aliphatic rings. The highest BCUT2D eigenvalue weighted by molar-refractivity contribution is 6.33. The number of carboxylic acid groups (broad SMARTS) is 3. The third kappa shape index (κ3) is 18.4. The Morgan fingerprint density at radius 1 is 0.385 bits per heavy atom. The quantitative estimate of drug-likeness (QED) is 0.0670. The van der Waals surface area contributed by atoms with Gasteiger partial charge in [-0.1, -0.05) is 23.2 Å². The number of hydrogen-bond acceptors (Lipinski definition) is 29. The van der Waals surface area contributed by atoms with Crippen LogP contribution in [-0.2, 0) is 42.3 Å². The zero-order valence-electron chi connectivity index (χ0n) is 57.7. The topological polar surface area (TPSA) is 504 Å². The normalized spacial score (nSPS) is 10.5. The van der Waals surface area contributed by atoms with E-state index in [0.29, 0.717) is 107 Å². The van der Waals surface area contributed by atoms with Crippen LogP contribution in [0.4, 0.5) is 0 Å². The lowest BCUT2D eigenvalue weighted by molar-refractivity contribution is 0.0675. The Bertz CT molecular complexity index is 5080. The third-order valence-corrected chi connectivity index (χ3v) is 14.9. The van der Waals surface area contributed by atoms with Gasteiger partial charge in [-0.05, 0) is 46.8 Å². The van der Waals surface area contributed by atoms with Gasteiger partial charge in [-0.2, -0.15) is 30.6 Å². The van der Waals surface area contributed by atoms with Crippen molar-refractivity contribution in [2.75, 3.05) is 34.0 Å².